The van der Waals surface area contributed by atoms with E-state index in [0.717, 1.165) is 0 Å². The van der Waals surface area contributed by atoms with Crippen molar-refractivity contribution in [2.45, 2.75) is 19.3 Å². The third-order valence-corrected chi connectivity index (χ3v) is 2.76. The number of carboxylic acid groups (broad SMARTS) is 1. The Kier molecular flexibility index (Phi) is 4.68. The maximum Gasteiger partial charge on any atom is 0.307 e. The lowest BCUT2D eigenvalue weighted by atomic mass is 9.82. The van der Waals surface area contributed by atoms with Gasteiger partial charge in [-0.15, -0.1) is 0 Å². The van der Waals surface area contributed by atoms with Gasteiger partial charge in [0.2, 0.25) is 11.8 Å². The molecule has 0 fully saturated rings. The first-order chi connectivity index (χ1) is 8.02. The molecule has 94 valence electrons. The minimum atomic E-state index is -0.968. The zero-order valence-corrected chi connectivity index (χ0v) is 9.39. The number of rotatable bonds is 5. The van der Waals surface area contributed by atoms with Crippen molar-refractivity contribution in [3.63, 3.8) is 0 Å². The molecule has 0 bridgehead atoms. The van der Waals surface area contributed by atoms with Crippen LogP contribution in [0.1, 0.15) is 19.3 Å². The monoisotopic (exact) mass is 240 g/mol. The Hall–Kier alpha value is -1.85. The average Bonchev–Trinajstić information content (AvgIpc) is 2.28. The summed E-state index contributed by atoms with van der Waals surface area (Å²) in [6, 6.07) is 0. The van der Waals surface area contributed by atoms with Crippen LogP contribution in [0.15, 0.2) is 12.2 Å². The number of primary amides is 1. The van der Waals surface area contributed by atoms with Gasteiger partial charge in [0.05, 0.1) is 11.8 Å². The van der Waals surface area contributed by atoms with Crippen LogP contribution in [0.4, 0.5) is 0 Å². The third kappa shape index (κ3) is 3.90. The quantitative estimate of drug-likeness (QED) is 0.570. The van der Waals surface area contributed by atoms with Crippen LogP contribution in [0.3, 0.4) is 0 Å². The van der Waals surface area contributed by atoms with Gasteiger partial charge in [0.25, 0.3) is 0 Å². The number of carboxylic acids is 1. The molecular weight excluding hydrogens is 224 g/mol. The van der Waals surface area contributed by atoms with Crippen molar-refractivity contribution in [1.82, 2.24) is 5.32 Å². The van der Waals surface area contributed by atoms with Gasteiger partial charge in [-0.2, -0.15) is 0 Å². The first kappa shape index (κ1) is 13.2. The van der Waals surface area contributed by atoms with E-state index >= 15 is 0 Å². The van der Waals surface area contributed by atoms with Crippen LogP contribution in [-0.4, -0.2) is 29.4 Å². The van der Waals surface area contributed by atoms with E-state index in [-0.39, 0.29) is 18.9 Å². The zero-order valence-electron chi connectivity index (χ0n) is 9.39. The van der Waals surface area contributed by atoms with Crippen LogP contribution in [0.5, 0.6) is 0 Å². The maximum absolute atomic E-state index is 11.7. The Morgan fingerprint density at radius 1 is 1.24 bits per heavy atom. The van der Waals surface area contributed by atoms with E-state index in [1.165, 1.54) is 0 Å². The van der Waals surface area contributed by atoms with Gasteiger partial charge in [-0.05, 0) is 12.8 Å². The largest absolute Gasteiger partial charge is 0.481 e. The van der Waals surface area contributed by atoms with Crippen molar-refractivity contribution in [3.8, 4) is 0 Å². The van der Waals surface area contributed by atoms with Crippen LogP contribution in [-0.2, 0) is 14.4 Å². The third-order valence-electron chi connectivity index (χ3n) is 2.76. The molecule has 0 heterocycles. The van der Waals surface area contributed by atoms with E-state index in [2.05, 4.69) is 5.32 Å². The van der Waals surface area contributed by atoms with Crippen molar-refractivity contribution in [2.24, 2.45) is 17.6 Å². The first-order valence-corrected chi connectivity index (χ1v) is 5.46. The predicted octanol–water partition coefficient (Wildman–Crippen LogP) is -0.355. The number of hydrogen-bond donors (Lipinski definition) is 3. The summed E-state index contributed by atoms with van der Waals surface area (Å²) in [5.41, 5.74) is 4.94. The van der Waals surface area contributed by atoms with E-state index in [4.69, 9.17) is 10.8 Å². The van der Waals surface area contributed by atoms with Gasteiger partial charge in [-0.3, -0.25) is 14.4 Å². The van der Waals surface area contributed by atoms with E-state index < -0.39 is 23.7 Å². The van der Waals surface area contributed by atoms with Crippen molar-refractivity contribution < 1.29 is 19.5 Å². The van der Waals surface area contributed by atoms with Gasteiger partial charge in [0, 0.05) is 13.0 Å². The average molecular weight is 240 g/mol. The molecule has 17 heavy (non-hydrogen) atoms. The molecule has 1 rings (SSSR count). The van der Waals surface area contributed by atoms with Crippen molar-refractivity contribution in [1.29, 1.82) is 0 Å². The Morgan fingerprint density at radius 2 is 1.82 bits per heavy atom. The summed E-state index contributed by atoms with van der Waals surface area (Å²) in [4.78, 5) is 33.2. The van der Waals surface area contributed by atoms with E-state index in [1.54, 1.807) is 12.2 Å². The second-order valence-corrected chi connectivity index (χ2v) is 4.00. The van der Waals surface area contributed by atoms with Crippen molar-refractivity contribution in [2.75, 3.05) is 6.54 Å². The fraction of sp³-hybridized carbons (Fsp3) is 0.545. The summed E-state index contributed by atoms with van der Waals surface area (Å²) in [6.45, 7) is 0.153. The number of carbonyl (C=O) groups excluding carboxylic acids is 2. The predicted molar refractivity (Wildman–Crippen MR) is 59.8 cm³/mol. The second kappa shape index (κ2) is 6.03. The van der Waals surface area contributed by atoms with E-state index in [1.807, 2.05) is 0 Å². The highest BCUT2D eigenvalue weighted by molar-refractivity contribution is 5.85. The highest BCUT2D eigenvalue weighted by Crippen LogP contribution is 2.25. The normalized spacial score (nSPS) is 23.1. The molecule has 0 aromatic carbocycles. The first-order valence-electron chi connectivity index (χ1n) is 5.46. The summed E-state index contributed by atoms with van der Waals surface area (Å²) in [5.74, 6) is -3.05. The Labute approximate surface area is 98.9 Å². The van der Waals surface area contributed by atoms with Crippen LogP contribution in [0.2, 0.25) is 0 Å². The van der Waals surface area contributed by atoms with Crippen LogP contribution >= 0.6 is 0 Å². The lowest BCUT2D eigenvalue weighted by Crippen LogP contribution is -2.39. The van der Waals surface area contributed by atoms with Gasteiger partial charge in [0.1, 0.15) is 0 Å². The second-order valence-electron chi connectivity index (χ2n) is 4.00. The number of nitrogens with one attached hydrogen (secondary N) is 1. The van der Waals surface area contributed by atoms with Gasteiger partial charge in [-0.25, -0.2) is 0 Å². The standard InChI is InChI=1S/C11H16N2O4/c12-9(14)5-6-13-10(15)7-3-1-2-4-8(7)11(16)17/h1-2,7-8H,3-6H2,(H2,12,14)(H,13,15)(H,16,17)/t7-,8+/m0/s1. The maximum atomic E-state index is 11.7. The number of aliphatic carboxylic acids is 1. The number of allylic oxidation sites excluding steroid dienone is 2. The Balaban J connectivity index is 2.51. The molecule has 0 saturated carbocycles. The van der Waals surface area contributed by atoms with E-state index in [9.17, 15) is 14.4 Å². The molecule has 1 aliphatic rings. The number of carbonyl (C=O) groups is 3. The molecule has 0 aliphatic heterocycles. The molecule has 0 aromatic rings. The number of amides is 2. The molecule has 2 atom stereocenters. The smallest absolute Gasteiger partial charge is 0.307 e. The molecule has 4 N–H and O–H groups in total. The van der Waals surface area contributed by atoms with Gasteiger partial charge < -0.3 is 16.2 Å². The summed E-state index contributed by atoms with van der Waals surface area (Å²) in [5, 5.41) is 11.5. The topological polar surface area (TPSA) is 109 Å². The van der Waals surface area contributed by atoms with Crippen LogP contribution < -0.4 is 11.1 Å². The lowest BCUT2D eigenvalue weighted by molar-refractivity contribution is -0.147. The van der Waals surface area contributed by atoms with Crippen LogP contribution in [0.25, 0.3) is 0 Å². The van der Waals surface area contributed by atoms with Gasteiger partial charge in [-0.1, -0.05) is 12.2 Å². The van der Waals surface area contributed by atoms with Crippen LogP contribution in [0, 0.1) is 11.8 Å². The minimum absolute atomic E-state index is 0.0615. The molecule has 0 aromatic heterocycles. The molecule has 0 spiro atoms. The highest BCUT2D eigenvalue weighted by Gasteiger charge is 2.33. The van der Waals surface area contributed by atoms with E-state index in [0.29, 0.717) is 12.8 Å². The fourth-order valence-corrected chi connectivity index (χ4v) is 1.82. The van der Waals surface area contributed by atoms with Gasteiger partial charge in [0.15, 0.2) is 0 Å². The molecule has 0 radical (unpaired) electrons. The molecule has 6 nitrogen and oxygen atoms in total. The van der Waals surface area contributed by atoms with Crippen molar-refractivity contribution >= 4 is 17.8 Å². The minimum Gasteiger partial charge on any atom is -0.481 e. The molecule has 0 saturated heterocycles. The molecule has 2 amide bonds. The number of hydrogen-bond acceptors (Lipinski definition) is 3. The molecular formula is C11H16N2O4. The SMILES string of the molecule is NC(=O)CCNC(=O)[C@H]1CC=CC[C@H]1C(=O)O. The fourth-order valence-electron chi connectivity index (χ4n) is 1.82. The summed E-state index contributed by atoms with van der Waals surface area (Å²) >= 11 is 0. The van der Waals surface area contributed by atoms with Gasteiger partial charge >= 0.3 is 5.97 Å². The summed E-state index contributed by atoms with van der Waals surface area (Å²) in [7, 11) is 0. The zero-order chi connectivity index (χ0) is 12.8. The lowest BCUT2D eigenvalue weighted by Gasteiger charge is -2.24. The molecule has 1 aliphatic carbocycles. The summed E-state index contributed by atoms with van der Waals surface area (Å²) in [6.07, 6.45) is 4.42. The molecule has 6 heteroatoms. The molecule has 0 unspecified atom stereocenters. The van der Waals surface area contributed by atoms with Crippen molar-refractivity contribution in [3.05, 3.63) is 12.2 Å². The Morgan fingerprint density at radius 3 is 2.35 bits per heavy atom. The Bertz CT molecular complexity index is 351. The highest BCUT2D eigenvalue weighted by atomic mass is 16.4. The number of nitrogens with two attached hydrogens (primary N) is 1. The summed E-state index contributed by atoms with van der Waals surface area (Å²) < 4.78 is 0.